The number of β-amino-alcohol motifs (C(OH)–C–C–N with tert-alkyl or cyclic N) is 1. The molecular formula is C13H25NO2. The Bertz CT molecular complexity index is 267. The van der Waals surface area contributed by atoms with Crippen LogP contribution in [-0.2, 0) is 4.74 Å². The fraction of sp³-hybridized carbons (Fsp3) is 1.00. The fourth-order valence-electron chi connectivity index (χ4n) is 3.61. The molecule has 0 aromatic rings. The normalized spacial score (nSPS) is 42.2. The lowest BCUT2D eigenvalue weighted by Crippen LogP contribution is -2.55. The summed E-state index contributed by atoms with van der Waals surface area (Å²) in [6.45, 7) is 10.2. The van der Waals surface area contributed by atoms with Gasteiger partial charge in [0.05, 0.1) is 16.8 Å². The van der Waals surface area contributed by atoms with Gasteiger partial charge in [0.25, 0.3) is 0 Å². The lowest BCUT2D eigenvalue weighted by molar-refractivity contribution is -0.119. The Labute approximate surface area is 98.6 Å². The molecule has 2 saturated heterocycles. The molecule has 0 saturated carbocycles. The lowest BCUT2D eigenvalue weighted by Gasteiger charge is -2.42. The second kappa shape index (κ2) is 3.69. The zero-order valence-electron chi connectivity index (χ0n) is 11.0. The van der Waals surface area contributed by atoms with Crippen molar-refractivity contribution in [3.05, 3.63) is 0 Å². The van der Waals surface area contributed by atoms with Crippen molar-refractivity contribution >= 4 is 0 Å². The van der Waals surface area contributed by atoms with Gasteiger partial charge in [0, 0.05) is 12.5 Å². The SMILES string of the molecule is CC1(C)CC(C2(O)CCCNC2)C(C)(C)O1. The molecule has 94 valence electrons. The van der Waals surface area contributed by atoms with Crippen molar-refractivity contribution in [2.75, 3.05) is 13.1 Å². The Kier molecular flexibility index (Phi) is 2.84. The molecule has 2 unspecified atom stereocenters. The van der Waals surface area contributed by atoms with Crippen molar-refractivity contribution < 1.29 is 9.84 Å². The van der Waals surface area contributed by atoms with E-state index in [1.54, 1.807) is 0 Å². The van der Waals surface area contributed by atoms with Gasteiger partial charge in [-0.25, -0.2) is 0 Å². The molecule has 0 aliphatic carbocycles. The molecule has 16 heavy (non-hydrogen) atoms. The zero-order valence-corrected chi connectivity index (χ0v) is 11.0. The quantitative estimate of drug-likeness (QED) is 0.716. The van der Waals surface area contributed by atoms with E-state index in [0.29, 0.717) is 6.54 Å². The van der Waals surface area contributed by atoms with Crippen molar-refractivity contribution in [1.29, 1.82) is 0 Å². The van der Waals surface area contributed by atoms with Crippen LogP contribution in [0.1, 0.15) is 47.0 Å². The van der Waals surface area contributed by atoms with E-state index in [4.69, 9.17) is 4.74 Å². The Morgan fingerprint density at radius 2 is 1.94 bits per heavy atom. The third-order valence-electron chi connectivity index (χ3n) is 4.12. The van der Waals surface area contributed by atoms with Gasteiger partial charge in [-0.1, -0.05) is 0 Å². The highest BCUT2D eigenvalue weighted by Crippen LogP contribution is 2.48. The Balaban J connectivity index is 2.19. The maximum absolute atomic E-state index is 10.8. The number of ether oxygens (including phenoxy) is 1. The molecule has 2 heterocycles. The minimum absolute atomic E-state index is 0.110. The van der Waals surface area contributed by atoms with E-state index in [0.717, 1.165) is 25.8 Å². The molecule has 0 spiro atoms. The van der Waals surface area contributed by atoms with E-state index in [9.17, 15) is 5.11 Å². The highest BCUT2D eigenvalue weighted by molar-refractivity contribution is 5.05. The summed E-state index contributed by atoms with van der Waals surface area (Å²) in [7, 11) is 0. The van der Waals surface area contributed by atoms with Crippen molar-refractivity contribution in [3.8, 4) is 0 Å². The van der Waals surface area contributed by atoms with Gasteiger partial charge in [-0.15, -0.1) is 0 Å². The molecule has 2 fully saturated rings. The zero-order chi connectivity index (χ0) is 12.0. The summed E-state index contributed by atoms with van der Waals surface area (Å²) in [6, 6.07) is 0. The third kappa shape index (κ3) is 2.13. The van der Waals surface area contributed by atoms with Crippen LogP contribution in [-0.4, -0.2) is 35.0 Å². The number of hydrogen-bond acceptors (Lipinski definition) is 3. The van der Waals surface area contributed by atoms with Gasteiger partial charge in [0.15, 0.2) is 0 Å². The van der Waals surface area contributed by atoms with Gasteiger partial charge in [0.2, 0.25) is 0 Å². The smallest absolute Gasteiger partial charge is 0.0828 e. The predicted molar refractivity (Wildman–Crippen MR) is 64.4 cm³/mol. The van der Waals surface area contributed by atoms with Gasteiger partial charge < -0.3 is 15.2 Å². The van der Waals surface area contributed by atoms with Crippen LogP contribution in [0.4, 0.5) is 0 Å². The van der Waals surface area contributed by atoms with E-state index in [1.807, 2.05) is 0 Å². The van der Waals surface area contributed by atoms with Crippen LogP contribution in [0.25, 0.3) is 0 Å². The topological polar surface area (TPSA) is 41.5 Å². The average molecular weight is 227 g/mol. The first-order valence-corrected chi connectivity index (χ1v) is 6.39. The summed E-state index contributed by atoms with van der Waals surface area (Å²) < 4.78 is 6.08. The maximum atomic E-state index is 10.8. The van der Waals surface area contributed by atoms with Crippen LogP contribution in [0.15, 0.2) is 0 Å². The first-order valence-electron chi connectivity index (χ1n) is 6.39. The molecule has 0 radical (unpaired) electrons. The largest absolute Gasteiger partial charge is 0.388 e. The number of rotatable bonds is 1. The van der Waals surface area contributed by atoms with Crippen LogP contribution < -0.4 is 5.32 Å². The van der Waals surface area contributed by atoms with E-state index in [-0.39, 0.29) is 17.1 Å². The van der Waals surface area contributed by atoms with Gasteiger partial charge >= 0.3 is 0 Å². The number of nitrogens with one attached hydrogen (secondary N) is 1. The highest BCUT2D eigenvalue weighted by Gasteiger charge is 2.54. The first kappa shape index (κ1) is 12.3. The third-order valence-corrected chi connectivity index (χ3v) is 4.12. The van der Waals surface area contributed by atoms with Gasteiger partial charge in [-0.2, -0.15) is 0 Å². The molecule has 0 amide bonds. The second-order valence-corrected chi connectivity index (χ2v) is 6.61. The summed E-state index contributed by atoms with van der Waals surface area (Å²) in [5.74, 6) is 0.225. The summed E-state index contributed by atoms with van der Waals surface area (Å²) in [6.07, 6.45) is 2.90. The number of piperidine rings is 1. The molecule has 0 bridgehead atoms. The second-order valence-electron chi connectivity index (χ2n) is 6.61. The van der Waals surface area contributed by atoms with Crippen LogP contribution in [0.5, 0.6) is 0 Å². The van der Waals surface area contributed by atoms with Crippen molar-refractivity contribution in [2.24, 2.45) is 5.92 Å². The van der Waals surface area contributed by atoms with E-state index >= 15 is 0 Å². The minimum atomic E-state index is -0.588. The number of hydrogen-bond donors (Lipinski definition) is 2. The first-order chi connectivity index (χ1) is 7.25. The summed E-state index contributed by atoms with van der Waals surface area (Å²) in [4.78, 5) is 0. The minimum Gasteiger partial charge on any atom is -0.388 e. The maximum Gasteiger partial charge on any atom is 0.0828 e. The summed E-state index contributed by atoms with van der Waals surface area (Å²) >= 11 is 0. The lowest BCUT2D eigenvalue weighted by atomic mass is 9.71. The van der Waals surface area contributed by atoms with Crippen LogP contribution in [0.2, 0.25) is 0 Å². The molecule has 2 N–H and O–H groups in total. The Morgan fingerprint density at radius 3 is 2.38 bits per heavy atom. The molecule has 0 aromatic heterocycles. The predicted octanol–water partition coefficient (Wildman–Crippen LogP) is 1.69. The fourth-order valence-corrected chi connectivity index (χ4v) is 3.61. The standard InChI is InChI=1S/C13H25NO2/c1-11(2)8-10(12(3,4)16-11)13(15)6-5-7-14-9-13/h10,14-15H,5-9H2,1-4H3. The summed E-state index contributed by atoms with van der Waals surface area (Å²) in [5.41, 5.74) is -0.922. The molecule has 2 rings (SSSR count). The molecule has 0 aromatic carbocycles. The average Bonchev–Trinajstić information content (AvgIpc) is 2.36. The molecular weight excluding hydrogens is 202 g/mol. The molecule has 2 atom stereocenters. The van der Waals surface area contributed by atoms with E-state index in [2.05, 4.69) is 33.0 Å². The van der Waals surface area contributed by atoms with Gasteiger partial charge in [-0.05, 0) is 53.5 Å². The summed E-state index contributed by atoms with van der Waals surface area (Å²) in [5, 5.41) is 14.1. The molecule has 2 aliphatic rings. The van der Waals surface area contributed by atoms with E-state index < -0.39 is 5.60 Å². The molecule has 2 aliphatic heterocycles. The van der Waals surface area contributed by atoms with Gasteiger partial charge in [-0.3, -0.25) is 0 Å². The van der Waals surface area contributed by atoms with Crippen molar-refractivity contribution in [2.45, 2.75) is 63.8 Å². The van der Waals surface area contributed by atoms with Crippen molar-refractivity contribution in [3.63, 3.8) is 0 Å². The van der Waals surface area contributed by atoms with Crippen LogP contribution in [0.3, 0.4) is 0 Å². The highest BCUT2D eigenvalue weighted by atomic mass is 16.5. The van der Waals surface area contributed by atoms with Crippen LogP contribution >= 0.6 is 0 Å². The van der Waals surface area contributed by atoms with E-state index in [1.165, 1.54) is 0 Å². The number of aliphatic hydroxyl groups is 1. The molecule has 3 nitrogen and oxygen atoms in total. The van der Waals surface area contributed by atoms with Crippen LogP contribution in [0, 0.1) is 5.92 Å². The monoisotopic (exact) mass is 227 g/mol. The van der Waals surface area contributed by atoms with Gasteiger partial charge in [0.1, 0.15) is 0 Å². The Morgan fingerprint density at radius 1 is 1.25 bits per heavy atom. The molecule has 3 heteroatoms. The Hall–Kier alpha value is -0.120. The van der Waals surface area contributed by atoms with Crippen molar-refractivity contribution in [1.82, 2.24) is 5.32 Å².